The Morgan fingerprint density at radius 3 is 1.72 bits per heavy atom. The zero-order chi connectivity index (χ0) is 22.2. The standard InChI is InChI=1S/C27H30O5/c1-27(20-29-17-21-11-5-2-6-12-21)25(31-19-23-15-9-4-10-16-23)24(26(28)32-27)30-18-22-13-7-3-8-14-22/h2-16,24-26,28H,17-20H2,1H3/t24-,25+,26+,27-/m1/s1. The molecule has 1 aliphatic heterocycles. The summed E-state index contributed by atoms with van der Waals surface area (Å²) in [5.74, 6) is 0. The Balaban J connectivity index is 1.45. The lowest BCUT2D eigenvalue weighted by Gasteiger charge is -2.31. The van der Waals surface area contributed by atoms with E-state index in [-0.39, 0.29) is 6.61 Å². The molecule has 0 spiro atoms. The maximum absolute atomic E-state index is 10.7. The fraction of sp³-hybridized carbons (Fsp3) is 0.333. The van der Waals surface area contributed by atoms with Gasteiger partial charge in [-0.2, -0.15) is 0 Å². The summed E-state index contributed by atoms with van der Waals surface area (Å²) < 4.78 is 24.3. The predicted molar refractivity (Wildman–Crippen MR) is 122 cm³/mol. The summed E-state index contributed by atoms with van der Waals surface area (Å²) >= 11 is 0. The molecule has 1 aliphatic rings. The highest BCUT2D eigenvalue weighted by Crippen LogP contribution is 2.36. The number of hydrogen-bond acceptors (Lipinski definition) is 5. The molecule has 0 unspecified atom stereocenters. The SMILES string of the molecule is C[C@]1(COCc2ccccc2)O[C@H](O)[C@H](OCc2ccccc2)[C@@H]1OCc1ccccc1. The first-order chi connectivity index (χ1) is 15.6. The highest BCUT2D eigenvalue weighted by atomic mass is 16.7. The van der Waals surface area contributed by atoms with Crippen molar-refractivity contribution in [2.24, 2.45) is 0 Å². The largest absolute Gasteiger partial charge is 0.374 e. The van der Waals surface area contributed by atoms with Crippen LogP contribution in [-0.4, -0.2) is 35.8 Å². The first-order valence-electron chi connectivity index (χ1n) is 10.9. The Morgan fingerprint density at radius 1 is 0.719 bits per heavy atom. The van der Waals surface area contributed by atoms with Gasteiger partial charge in [0, 0.05) is 0 Å². The quantitative estimate of drug-likeness (QED) is 0.510. The van der Waals surface area contributed by atoms with Crippen LogP contribution in [0.1, 0.15) is 23.6 Å². The molecule has 1 heterocycles. The molecule has 5 nitrogen and oxygen atoms in total. The van der Waals surface area contributed by atoms with Crippen molar-refractivity contribution in [1.29, 1.82) is 0 Å². The Bertz CT molecular complexity index is 934. The summed E-state index contributed by atoms with van der Waals surface area (Å²) in [5, 5.41) is 10.7. The molecule has 3 aromatic rings. The third-order valence-corrected chi connectivity index (χ3v) is 5.63. The van der Waals surface area contributed by atoms with E-state index in [9.17, 15) is 5.11 Å². The molecule has 1 fully saturated rings. The van der Waals surface area contributed by atoms with E-state index >= 15 is 0 Å². The molecular formula is C27H30O5. The Kier molecular flexibility index (Phi) is 7.68. The van der Waals surface area contributed by atoms with Gasteiger partial charge in [0.1, 0.15) is 17.8 Å². The lowest BCUT2D eigenvalue weighted by Crippen LogP contribution is -2.47. The number of rotatable bonds is 10. The number of aliphatic hydroxyl groups is 1. The van der Waals surface area contributed by atoms with Crippen LogP contribution in [-0.2, 0) is 38.8 Å². The van der Waals surface area contributed by atoms with Crippen molar-refractivity contribution < 1.29 is 24.1 Å². The van der Waals surface area contributed by atoms with Crippen molar-refractivity contribution in [1.82, 2.24) is 0 Å². The smallest absolute Gasteiger partial charge is 0.184 e. The van der Waals surface area contributed by atoms with Crippen LogP contribution in [0.15, 0.2) is 91.0 Å². The third-order valence-electron chi connectivity index (χ3n) is 5.63. The Labute approximate surface area is 189 Å². The zero-order valence-electron chi connectivity index (χ0n) is 18.3. The van der Waals surface area contributed by atoms with Gasteiger partial charge >= 0.3 is 0 Å². The minimum atomic E-state index is -1.11. The second-order valence-electron chi connectivity index (χ2n) is 8.28. The van der Waals surface area contributed by atoms with Gasteiger partial charge in [0.2, 0.25) is 0 Å². The molecule has 1 saturated heterocycles. The summed E-state index contributed by atoms with van der Waals surface area (Å²) in [6, 6.07) is 29.8. The van der Waals surface area contributed by atoms with E-state index in [0.717, 1.165) is 16.7 Å². The summed E-state index contributed by atoms with van der Waals surface area (Å²) in [5.41, 5.74) is 2.29. The van der Waals surface area contributed by atoms with Crippen LogP contribution < -0.4 is 0 Å². The van der Waals surface area contributed by atoms with Gasteiger partial charge < -0.3 is 24.1 Å². The zero-order valence-corrected chi connectivity index (χ0v) is 18.3. The van der Waals surface area contributed by atoms with Crippen molar-refractivity contribution in [3.63, 3.8) is 0 Å². The minimum Gasteiger partial charge on any atom is -0.374 e. The molecule has 5 heteroatoms. The first-order valence-corrected chi connectivity index (χ1v) is 10.9. The van der Waals surface area contributed by atoms with Crippen LogP contribution in [0.3, 0.4) is 0 Å². The van der Waals surface area contributed by atoms with Gasteiger partial charge in [0.25, 0.3) is 0 Å². The van der Waals surface area contributed by atoms with Crippen LogP contribution in [0.25, 0.3) is 0 Å². The van der Waals surface area contributed by atoms with Crippen molar-refractivity contribution in [3.8, 4) is 0 Å². The molecule has 168 valence electrons. The number of hydrogen-bond donors (Lipinski definition) is 1. The average molecular weight is 435 g/mol. The van der Waals surface area contributed by atoms with Gasteiger partial charge in [0.15, 0.2) is 6.29 Å². The Morgan fingerprint density at radius 2 is 1.19 bits per heavy atom. The van der Waals surface area contributed by atoms with Crippen molar-refractivity contribution in [2.45, 2.75) is 50.8 Å². The van der Waals surface area contributed by atoms with Crippen molar-refractivity contribution >= 4 is 0 Å². The molecule has 0 aromatic heterocycles. The first kappa shape index (κ1) is 22.6. The highest BCUT2D eigenvalue weighted by molar-refractivity contribution is 5.15. The molecule has 4 rings (SSSR count). The van der Waals surface area contributed by atoms with Crippen molar-refractivity contribution in [2.75, 3.05) is 6.61 Å². The monoisotopic (exact) mass is 434 g/mol. The molecule has 3 aromatic carbocycles. The van der Waals surface area contributed by atoms with Gasteiger partial charge in [-0.05, 0) is 23.6 Å². The predicted octanol–water partition coefficient (Wildman–Crippen LogP) is 4.48. The molecule has 1 N–H and O–H groups in total. The lowest BCUT2D eigenvalue weighted by atomic mass is 9.98. The highest BCUT2D eigenvalue weighted by Gasteiger charge is 2.54. The van der Waals surface area contributed by atoms with Crippen LogP contribution in [0.5, 0.6) is 0 Å². The fourth-order valence-corrected chi connectivity index (χ4v) is 3.94. The van der Waals surface area contributed by atoms with Crippen molar-refractivity contribution in [3.05, 3.63) is 108 Å². The number of ether oxygens (including phenoxy) is 4. The van der Waals surface area contributed by atoms with E-state index in [4.69, 9.17) is 18.9 Å². The fourth-order valence-electron chi connectivity index (χ4n) is 3.94. The van der Waals surface area contributed by atoms with Gasteiger partial charge in [-0.15, -0.1) is 0 Å². The molecule has 0 aliphatic carbocycles. The minimum absolute atomic E-state index is 0.267. The summed E-state index contributed by atoms with van der Waals surface area (Å²) in [6.07, 6.45) is -2.24. The second kappa shape index (κ2) is 10.9. The maximum Gasteiger partial charge on any atom is 0.184 e. The summed E-state index contributed by atoms with van der Waals surface area (Å²) in [4.78, 5) is 0. The van der Waals surface area contributed by atoms with E-state index in [1.165, 1.54) is 0 Å². The summed E-state index contributed by atoms with van der Waals surface area (Å²) in [6.45, 7) is 3.38. The average Bonchev–Trinajstić information content (AvgIpc) is 3.07. The molecule has 0 saturated carbocycles. The van der Waals surface area contributed by atoms with Crippen LogP contribution >= 0.6 is 0 Å². The topological polar surface area (TPSA) is 57.2 Å². The number of benzene rings is 3. The Hall–Kier alpha value is -2.54. The molecular weight excluding hydrogens is 404 g/mol. The molecule has 0 bridgehead atoms. The van der Waals surface area contributed by atoms with E-state index in [0.29, 0.717) is 19.8 Å². The van der Waals surface area contributed by atoms with E-state index in [1.54, 1.807) is 0 Å². The third kappa shape index (κ3) is 5.82. The van der Waals surface area contributed by atoms with E-state index < -0.39 is 24.1 Å². The maximum atomic E-state index is 10.7. The lowest BCUT2D eigenvalue weighted by molar-refractivity contribution is -0.181. The van der Waals surface area contributed by atoms with Crippen LogP contribution in [0.4, 0.5) is 0 Å². The van der Waals surface area contributed by atoms with E-state index in [1.807, 2.05) is 97.9 Å². The molecule has 32 heavy (non-hydrogen) atoms. The van der Waals surface area contributed by atoms with Gasteiger partial charge in [-0.1, -0.05) is 91.0 Å². The summed E-state index contributed by atoms with van der Waals surface area (Å²) in [7, 11) is 0. The van der Waals surface area contributed by atoms with Crippen LogP contribution in [0.2, 0.25) is 0 Å². The van der Waals surface area contributed by atoms with Gasteiger partial charge in [0.05, 0.1) is 26.4 Å². The van der Waals surface area contributed by atoms with Gasteiger partial charge in [-0.3, -0.25) is 0 Å². The molecule has 0 amide bonds. The van der Waals surface area contributed by atoms with Gasteiger partial charge in [-0.25, -0.2) is 0 Å². The molecule has 0 radical (unpaired) electrons. The normalized spacial score (nSPS) is 25.1. The number of aliphatic hydroxyl groups excluding tert-OH is 1. The second-order valence-corrected chi connectivity index (χ2v) is 8.28. The van der Waals surface area contributed by atoms with Crippen LogP contribution in [0, 0.1) is 0 Å². The molecule has 4 atom stereocenters. The van der Waals surface area contributed by atoms with E-state index in [2.05, 4.69) is 0 Å².